The summed E-state index contributed by atoms with van der Waals surface area (Å²) >= 11 is 0. The van der Waals surface area contributed by atoms with E-state index in [1.54, 1.807) is 11.1 Å². The Labute approximate surface area is 127 Å². The van der Waals surface area contributed by atoms with E-state index in [1.165, 1.54) is 76.2 Å². The molecule has 0 unspecified atom stereocenters. The molecule has 1 rings (SSSR count). The molecule has 0 aliphatic heterocycles. The predicted octanol–water partition coefficient (Wildman–Crippen LogP) is 6.63. The molecule has 0 saturated carbocycles. The number of benzene rings is 1. The third-order valence-electron chi connectivity index (χ3n) is 4.28. The monoisotopic (exact) mass is 274 g/mol. The van der Waals surface area contributed by atoms with Gasteiger partial charge < -0.3 is 0 Å². The molecular formula is C20H34. The molecule has 0 heteroatoms. The maximum atomic E-state index is 2.47. The minimum atomic E-state index is 1.27. The SMILES string of the molecule is CCCCCCCCc1ccc(C)c(CCCCC)c1. The highest BCUT2D eigenvalue weighted by Crippen LogP contribution is 2.17. The van der Waals surface area contributed by atoms with Crippen molar-refractivity contribution in [3.63, 3.8) is 0 Å². The second-order valence-corrected chi connectivity index (χ2v) is 6.24. The van der Waals surface area contributed by atoms with Gasteiger partial charge in [0.2, 0.25) is 0 Å². The Morgan fingerprint density at radius 3 is 2.05 bits per heavy atom. The van der Waals surface area contributed by atoms with Gasteiger partial charge in [0.05, 0.1) is 0 Å². The number of rotatable bonds is 11. The Balaban J connectivity index is 2.32. The minimum absolute atomic E-state index is 1.27. The van der Waals surface area contributed by atoms with Crippen molar-refractivity contribution in [3.05, 3.63) is 34.9 Å². The van der Waals surface area contributed by atoms with Gasteiger partial charge in [-0.3, -0.25) is 0 Å². The molecule has 0 aliphatic carbocycles. The molecule has 0 atom stereocenters. The van der Waals surface area contributed by atoms with Crippen LogP contribution in [0.4, 0.5) is 0 Å². The standard InChI is InChI=1S/C20H34/c1-4-6-8-9-10-12-13-19-16-15-18(3)20(17-19)14-11-7-5-2/h15-17H,4-14H2,1-3H3. The minimum Gasteiger partial charge on any atom is -0.0654 e. The van der Waals surface area contributed by atoms with Gasteiger partial charge in [0.1, 0.15) is 0 Å². The molecule has 20 heavy (non-hydrogen) atoms. The Hall–Kier alpha value is -0.780. The molecule has 0 nitrogen and oxygen atoms in total. The van der Waals surface area contributed by atoms with Crippen LogP contribution < -0.4 is 0 Å². The largest absolute Gasteiger partial charge is 0.0654 e. The third kappa shape index (κ3) is 7.12. The molecule has 1 aromatic carbocycles. The molecule has 0 spiro atoms. The Morgan fingerprint density at radius 1 is 0.700 bits per heavy atom. The fourth-order valence-electron chi connectivity index (χ4n) is 2.82. The lowest BCUT2D eigenvalue weighted by Crippen LogP contribution is -1.94. The van der Waals surface area contributed by atoms with Crippen molar-refractivity contribution in [1.82, 2.24) is 0 Å². The summed E-state index contributed by atoms with van der Waals surface area (Å²) in [5, 5.41) is 0. The van der Waals surface area contributed by atoms with E-state index in [4.69, 9.17) is 0 Å². The highest BCUT2D eigenvalue weighted by atomic mass is 14.1. The maximum absolute atomic E-state index is 2.47. The van der Waals surface area contributed by atoms with Gasteiger partial charge in [-0.15, -0.1) is 0 Å². The molecule has 0 saturated heterocycles. The van der Waals surface area contributed by atoms with Crippen LogP contribution >= 0.6 is 0 Å². The van der Waals surface area contributed by atoms with Crippen LogP contribution in [0.1, 0.15) is 88.3 Å². The molecule has 0 bridgehead atoms. The summed E-state index contributed by atoms with van der Waals surface area (Å²) in [7, 11) is 0. The lowest BCUT2D eigenvalue weighted by atomic mass is 9.97. The maximum Gasteiger partial charge on any atom is -0.0276 e. The fraction of sp³-hybridized carbons (Fsp3) is 0.700. The van der Waals surface area contributed by atoms with Crippen LogP contribution in [-0.2, 0) is 12.8 Å². The third-order valence-corrected chi connectivity index (χ3v) is 4.28. The van der Waals surface area contributed by atoms with Crippen LogP contribution in [-0.4, -0.2) is 0 Å². The summed E-state index contributed by atoms with van der Waals surface area (Å²) in [6.45, 7) is 6.82. The average molecular weight is 274 g/mol. The van der Waals surface area contributed by atoms with Crippen LogP contribution in [0.2, 0.25) is 0 Å². The van der Waals surface area contributed by atoms with Gasteiger partial charge in [-0.25, -0.2) is 0 Å². The summed E-state index contributed by atoms with van der Waals surface area (Å²) in [6.07, 6.45) is 14.9. The van der Waals surface area contributed by atoms with Gasteiger partial charge >= 0.3 is 0 Å². The lowest BCUT2D eigenvalue weighted by Gasteiger charge is -2.09. The van der Waals surface area contributed by atoms with Gasteiger partial charge in [-0.2, -0.15) is 0 Å². The zero-order valence-corrected chi connectivity index (χ0v) is 14.0. The van der Waals surface area contributed by atoms with Crippen LogP contribution in [0, 0.1) is 6.92 Å². The molecule has 114 valence electrons. The number of hydrogen-bond acceptors (Lipinski definition) is 0. The smallest absolute Gasteiger partial charge is 0.0276 e. The van der Waals surface area contributed by atoms with Crippen molar-refractivity contribution in [2.45, 2.75) is 91.4 Å². The van der Waals surface area contributed by atoms with Crippen molar-refractivity contribution in [1.29, 1.82) is 0 Å². The first-order chi connectivity index (χ1) is 9.77. The first-order valence-electron chi connectivity index (χ1n) is 8.86. The number of unbranched alkanes of at least 4 members (excludes halogenated alkanes) is 7. The van der Waals surface area contributed by atoms with Crippen LogP contribution in [0.5, 0.6) is 0 Å². The molecule has 0 amide bonds. The van der Waals surface area contributed by atoms with E-state index in [0.29, 0.717) is 0 Å². The molecule has 0 fully saturated rings. The summed E-state index contributed by atoms with van der Waals surface area (Å²) in [4.78, 5) is 0. The quantitative estimate of drug-likeness (QED) is 0.397. The van der Waals surface area contributed by atoms with E-state index in [9.17, 15) is 0 Å². The van der Waals surface area contributed by atoms with Gasteiger partial charge in [0.25, 0.3) is 0 Å². The van der Waals surface area contributed by atoms with E-state index >= 15 is 0 Å². The van der Waals surface area contributed by atoms with Gasteiger partial charge in [-0.05, 0) is 49.3 Å². The molecule has 0 radical (unpaired) electrons. The highest BCUT2D eigenvalue weighted by molar-refractivity contribution is 5.31. The fourth-order valence-corrected chi connectivity index (χ4v) is 2.82. The molecule has 0 aliphatic rings. The average Bonchev–Trinajstić information content (AvgIpc) is 2.46. The Kier molecular flexibility index (Phi) is 9.45. The van der Waals surface area contributed by atoms with E-state index in [-0.39, 0.29) is 0 Å². The summed E-state index contributed by atoms with van der Waals surface area (Å²) in [5.41, 5.74) is 4.62. The van der Waals surface area contributed by atoms with E-state index in [1.807, 2.05) is 0 Å². The number of aryl methyl sites for hydroxylation is 3. The van der Waals surface area contributed by atoms with Crippen molar-refractivity contribution >= 4 is 0 Å². The van der Waals surface area contributed by atoms with Gasteiger partial charge in [-0.1, -0.05) is 77.0 Å². The normalized spacial score (nSPS) is 10.9. The molecule has 0 aromatic heterocycles. The predicted molar refractivity (Wildman–Crippen MR) is 91.5 cm³/mol. The van der Waals surface area contributed by atoms with Crippen molar-refractivity contribution in [3.8, 4) is 0 Å². The molecular weight excluding hydrogens is 240 g/mol. The lowest BCUT2D eigenvalue weighted by molar-refractivity contribution is 0.607. The summed E-state index contributed by atoms with van der Waals surface area (Å²) < 4.78 is 0. The van der Waals surface area contributed by atoms with Crippen molar-refractivity contribution in [2.75, 3.05) is 0 Å². The van der Waals surface area contributed by atoms with E-state index < -0.39 is 0 Å². The van der Waals surface area contributed by atoms with Crippen molar-refractivity contribution in [2.24, 2.45) is 0 Å². The second-order valence-electron chi connectivity index (χ2n) is 6.24. The first-order valence-corrected chi connectivity index (χ1v) is 8.86. The van der Waals surface area contributed by atoms with E-state index in [0.717, 1.165) is 0 Å². The Bertz CT molecular complexity index is 351. The van der Waals surface area contributed by atoms with Crippen LogP contribution in [0.15, 0.2) is 18.2 Å². The molecule has 0 N–H and O–H groups in total. The first kappa shape index (κ1) is 17.3. The topological polar surface area (TPSA) is 0 Å². The van der Waals surface area contributed by atoms with Crippen LogP contribution in [0.3, 0.4) is 0 Å². The molecule has 0 heterocycles. The summed E-state index contributed by atoms with van der Waals surface area (Å²) in [6, 6.07) is 7.13. The van der Waals surface area contributed by atoms with Gasteiger partial charge in [0, 0.05) is 0 Å². The van der Waals surface area contributed by atoms with E-state index in [2.05, 4.69) is 39.0 Å². The van der Waals surface area contributed by atoms with Crippen molar-refractivity contribution < 1.29 is 0 Å². The zero-order valence-electron chi connectivity index (χ0n) is 14.0. The zero-order chi connectivity index (χ0) is 14.6. The highest BCUT2D eigenvalue weighted by Gasteiger charge is 2.01. The number of hydrogen-bond donors (Lipinski definition) is 0. The van der Waals surface area contributed by atoms with Gasteiger partial charge in [0.15, 0.2) is 0 Å². The second kappa shape index (κ2) is 10.9. The summed E-state index contributed by atoms with van der Waals surface area (Å²) in [5.74, 6) is 0. The Morgan fingerprint density at radius 2 is 1.30 bits per heavy atom. The molecule has 1 aromatic rings. The van der Waals surface area contributed by atoms with Crippen LogP contribution in [0.25, 0.3) is 0 Å².